The van der Waals surface area contributed by atoms with Crippen molar-refractivity contribution in [2.75, 3.05) is 103 Å². The fourth-order valence-electron chi connectivity index (χ4n) is 12.4. The molecule has 15 rings (SSSR count). The number of carboxylic acid groups (broad SMARTS) is 1. The Balaban J connectivity index is 0.000000210. The molecule has 0 aromatic heterocycles. The van der Waals surface area contributed by atoms with Crippen LogP contribution >= 0.6 is 39.1 Å². The third-order valence-electron chi connectivity index (χ3n) is 19.9. The number of nitrogens with zero attached hydrogens (tertiary/aromatic N) is 5. The number of carbonyl (C=O) groups is 2. The Morgan fingerprint density at radius 3 is 1.02 bits per heavy atom. The average Bonchev–Trinajstić information content (AvgIpc) is 1.73. The predicted molar refractivity (Wildman–Crippen MR) is 537 cm³/mol. The van der Waals surface area contributed by atoms with Crippen LogP contribution < -0.4 is 40.1 Å². The molecule has 2 fully saturated rings. The number of aliphatic hydroxyl groups excluding tert-OH is 2. The summed E-state index contributed by atoms with van der Waals surface area (Å²) in [6.07, 6.45) is 11.3. The van der Waals surface area contributed by atoms with Crippen molar-refractivity contribution in [2.24, 2.45) is 25.7 Å². The van der Waals surface area contributed by atoms with Gasteiger partial charge in [0.15, 0.2) is 0 Å². The molecule has 9 aromatic rings. The zero-order valence-corrected chi connectivity index (χ0v) is 82.1. The Hall–Kier alpha value is -10.5. The normalized spacial score (nSPS) is 15.6. The number of aliphatic imine (C=N–C) groups is 4. The number of halogens is 3. The van der Waals surface area contributed by atoms with Crippen molar-refractivity contribution < 1.29 is 72.6 Å². The Kier molecular flexibility index (Phi) is 47.0. The number of hydrogen-bond acceptors (Lipinski definition) is 21. The summed E-state index contributed by atoms with van der Waals surface area (Å²) in [5, 5.41) is 42.4. The van der Waals surface area contributed by atoms with Crippen LogP contribution in [0.4, 0.5) is 0 Å². The van der Waals surface area contributed by atoms with Crippen LogP contribution in [-0.4, -0.2) is 197 Å². The van der Waals surface area contributed by atoms with Gasteiger partial charge in [0.25, 0.3) is 5.91 Å². The lowest BCUT2D eigenvalue weighted by Gasteiger charge is -2.26. The molecular formula is C106H139BrCl2N8O15. The predicted octanol–water partition coefficient (Wildman–Crippen LogP) is 20.7. The van der Waals surface area contributed by atoms with E-state index in [1.807, 2.05) is 166 Å². The van der Waals surface area contributed by atoms with Crippen molar-refractivity contribution >= 4 is 74.6 Å². The Labute approximate surface area is 801 Å². The van der Waals surface area contributed by atoms with Gasteiger partial charge in [0.1, 0.15) is 80.7 Å². The first-order valence-corrected chi connectivity index (χ1v) is 47.5. The number of phenols is 1. The lowest BCUT2D eigenvalue weighted by molar-refractivity contribution is 0.0696. The number of likely N-dealkylation sites (tertiary alicyclic amines) is 1. The molecule has 0 saturated carbocycles. The molecule has 6 aliphatic heterocycles. The summed E-state index contributed by atoms with van der Waals surface area (Å²) in [5.74, 6) is 7.33. The zero-order valence-electron chi connectivity index (χ0n) is 79.0. The van der Waals surface area contributed by atoms with E-state index in [1.54, 1.807) is 88.4 Å². The zero-order chi connectivity index (χ0) is 95.7. The van der Waals surface area contributed by atoms with E-state index in [0.29, 0.717) is 87.6 Å². The number of nitrogens with one attached hydrogen (secondary N) is 2. The minimum absolute atomic E-state index is 0.0486. The van der Waals surface area contributed by atoms with Crippen LogP contribution in [0.1, 0.15) is 201 Å². The number of aromatic hydroxyl groups is 1. The smallest absolute Gasteiger partial charge is 0.335 e. The van der Waals surface area contributed by atoms with Gasteiger partial charge < -0.3 is 84.3 Å². The van der Waals surface area contributed by atoms with Crippen LogP contribution in [0, 0.1) is 0 Å². The number of nitrogens with two attached hydrogens (primary N) is 1. The van der Waals surface area contributed by atoms with Gasteiger partial charge in [0, 0.05) is 57.0 Å². The van der Waals surface area contributed by atoms with Crippen LogP contribution in [-0.2, 0) is 38.8 Å². The van der Waals surface area contributed by atoms with E-state index in [0.717, 1.165) is 112 Å². The van der Waals surface area contributed by atoms with E-state index in [2.05, 4.69) is 105 Å². The van der Waals surface area contributed by atoms with Crippen molar-refractivity contribution in [1.29, 1.82) is 0 Å². The summed E-state index contributed by atoms with van der Waals surface area (Å²) in [7, 11) is 0. The summed E-state index contributed by atoms with van der Waals surface area (Å²) in [4.78, 5) is 43.4. The number of rotatable bonds is 29. The van der Waals surface area contributed by atoms with Gasteiger partial charge >= 0.3 is 5.97 Å². The van der Waals surface area contributed by atoms with Gasteiger partial charge in [-0.05, 0) is 316 Å². The summed E-state index contributed by atoms with van der Waals surface area (Å²) >= 11 is 14.1. The molecule has 8 N–H and O–H groups in total. The number of aliphatic hydroxyl groups is 2. The van der Waals surface area contributed by atoms with E-state index in [1.165, 1.54) is 76.8 Å². The molecule has 0 spiro atoms. The highest BCUT2D eigenvalue weighted by Gasteiger charge is 2.31. The Morgan fingerprint density at radius 1 is 0.439 bits per heavy atom. The number of alkyl halides is 3. The second-order valence-corrected chi connectivity index (χ2v) is 37.6. The second-order valence-electron chi connectivity index (χ2n) is 36.0. The number of benzene rings is 9. The summed E-state index contributed by atoms with van der Waals surface area (Å²) in [5.41, 5.74) is 11.8. The molecule has 2 saturated heterocycles. The topological polar surface area (TPSA) is 301 Å². The second kappa shape index (κ2) is 57.1. The van der Waals surface area contributed by atoms with Crippen molar-refractivity contribution in [3.05, 3.63) is 287 Å². The van der Waals surface area contributed by atoms with Gasteiger partial charge in [-0.25, -0.2) is 24.8 Å². The molecule has 6 heterocycles. The van der Waals surface area contributed by atoms with Gasteiger partial charge in [0.2, 0.25) is 23.6 Å². The van der Waals surface area contributed by atoms with Crippen LogP contribution in [0.15, 0.2) is 257 Å². The van der Waals surface area contributed by atoms with Crippen LogP contribution in [0.5, 0.6) is 34.5 Å². The monoisotopic (exact) mass is 1910 g/mol. The minimum atomic E-state index is -0.931. The first-order chi connectivity index (χ1) is 63.1. The number of phenolic OH excluding ortho intramolecular Hbond substituents is 1. The average molecular weight is 1920 g/mol. The van der Waals surface area contributed by atoms with Gasteiger partial charge in [-0.15, -0.1) is 23.2 Å². The van der Waals surface area contributed by atoms with E-state index in [4.69, 9.17) is 86.9 Å². The molecule has 0 unspecified atom stereocenters. The van der Waals surface area contributed by atoms with Gasteiger partial charge in [-0.1, -0.05) is 120 Å². The van der Waals surface area contributed by atoms with Crippen molar-refractivity contribution in [3.63, 3.8) is 0 Å². The van der Waals surface area contributed by atoms with Crippen LogP contribution in [0.2, 0.25) is 0 Å². The number of piperidine rings is 2. The first kappa shape index (κ1) is 108. The Morgan fingerprint density at radius 2 is 0.750 bits per heavy atom. The number of aromatic carboxylic acids is 1. The van der Waals surface area contributed by atoms with Gasteiger partial charge in [-0.3, -0.25) is 4.79 Å². The summed E-state index contributed by atoms with van der Waals surface area (Å²) in [6.45, 7) is 35.1. The lowest BCUT2D eigenvalue weighted by atomic mass is 10.1. The van der Waals surface area contributed by atoms with Gasteiger partial charge in [-0.2, -0.15) is 0 Å². The number of amides is 1. The summed E-state index contributed by atoms with van der Waals surface area (Å²) < 4.78 is 50.7. The highest BCUT2D eigenvalue weighted by atomic mass is 79.9. The first-order valence-electron chi connectivity index (χ1n) is 45.3. The lowest BCUT2D eigenvalue weighted by Crippen LogP contribution is -2.46. The van der Waals surface area contributed by atoms with Gasteiger partial charge in [0.05, 0.1) is 59.7 Å². The van der Waals surface area contributed by atoms with E-state index in [9.17, 15) is 14.7 Å². The molecule has 9 aromatic carbocycles. The number of ether oxygens (including phenoxy) is 9. The fraction of sp³-hybridized carbons (Fsp3) is 0.434. The highest BCUT2D eigenvalue weighted by Crippen LogP contribution is 2.28. The summed E-state index contributed by atoms with van der Waals surface area (Å²) in [6, 6.07) is 73.8. The van der Waals surface area contributed by atoms with Crippen molar-refractivity contribution in [2.45, 2.75) is 194 Å². The largest absolute Gasteiger partial charge is 0.508 e. The molecular weight excluding hydrogens is 1780 g/mol. The maximum atomic E-state index is 12.0. The fourth-order valence-corrected chi connectivity index (χ4v) is 13.3. The quantitative estimate of drug-likeness (QED) is 0.0169. The molecule has 1 amide bonds. The maximum absolute atomic E-state index is 12.0. The molecule has 132 heavy (non-hydrogen) atoms. The Bertz CT molecular complexity index is 4870. The number of carbonyl (C=O) groups excluding carboxylic acids is 1. The molecule has 26 heteroatoms. The van der Waals surface area contributed by atoms with E-state index < -0.39 is 17.0 Å². The maximum Gasteiger partial charge on any atom is 0.335 e. The number of carboxylic acids is 1. The molecule has 0 atom stereocenters. The molecule has 0 bridgehead atoms. The minimum Gasteiger partial charge on any atom is -0.508 e. The van der Waals surface area contributed by atoms with E-state index >= 15 is 0 Å². The third kappa shape index (κ3) is 43.9. The molecule has 0 radical (unpaired) electrons. The van der Waals surface area contributed by atoms with Crippen LogP contribution in [0.3, 0.4) is 0 Å². The highest BCUT2D eigenvalue weighted by molar-refractivity contribution is 9.09. The molecule has 714 valence electrons. The number of hydrogen-bond donors (Lipinski definition) is 7. The van der Waals surface area contributed by atoms with E-state index in [-0.39, 0.29) is 52.6 Å². The van der Waals surface area contributed by atoms with Crippen molar-refractivity contribution in [3.8, 4) is 34.5 Å². The molecule has 0 aliphatic carbocycles. The van der Waals surface area contributed by atoms with Crippen LogP contribution in [0.25, 0.3) is 0 Å². The molecule has 6 aliphatic rings. The molecule has 23 nitrogen and oxygen atoms in total. The van der Waals surface area contributed by atoms with Crippen molar-refractivity contribution in [1.82, 2.24) is 15.5 Å². The third-order valence-corrected chi connectivity index (χ3v) is 21.0. The standard InChI is InChI=1S/C19H28N2O2.C18H21NO3.C18H19NO2.C14H18ClNO2.C14H12O3.C11H13NO2.C5H11N.C4H11NO.C3H6BrCl/c1-19(2)15-23-18(20-19)16-7-9-17(10-8-16)22-14-6-13-21-11-4-3-5-12-21;1-18(2,13-20)19-17(21)15-8-10-16(11-9-15)22-12-14-6-4-3-5-7-14;1-18(2)13-21-17(19-18)15-8-10-16(11-9-15)20-12-14-6-4-3-5-7-14;1-14(2)10-18-13(16-14)11-4-6-12(7-5-11)17-9-3-8-15;15-14(16)12-6-8-13(9-7-12)17-10-11-4-2-1-3-5-11;1-11(2)7-14-10(12-11)8-3-5-9(13)6-4-8;1-2-4-6-5-3-1;1-4(2,5)3-6;4-2-1-3-5/h7-10H,3-6,11-15H2,1-2H3;3-11,20H,12-13H2,1-2H3,(H,19,21);3-11H,12-13H2,1-2H3;4-7H,3,8-10H2,1-2H3;1-9H,10H2,(H,15,16);3-6,13H,7H2,1-2H3;6H,1-5H2;6H,3,5H2,1-2H3;1-3H2. The SMILES string of the molecule is C1CCNCC1.CC(C)(CO)NC(=O)c1ccc(OCc2ccccc2)cc1.CC(C)(N)CO.CC1(C)COC(c2ccc(O)cc2)=N1.CC1(C)COC(c2ccc(OCCCCl)cc2)=N1.CC1(C)COC(c2ccc(OCCCN3CCCCC3)cc2)=N1.CC1(C)COC(c2ccc(OCc3ccccc3)cc2)=N1.ClCCCBr.O=C(O)c1ccc(OCc2ccccc2)cc1.